The molecule has 1 unspecified atom stereocenters. The normalized spacial score (nSPS) is 17.6. The Bertz CT molecular complexity index is 634. The molecule has 1 aromatic heterocycles. The Kier molecular flexibility index (Phi) is 3.78. The van der Waals surface area contributed by atoms with E-state index in [-0.39, 0.29) is 11.9 Å². The standard InChI is InChI=1S/C15H15IN2O2/c1-20-15(19)11-4-7-14-17-13(9-18(14)8-11)10-2-5-12(16)6-3-10/h2-3,5-6,9,11H,4,7-8H2,1H3. The summed E-state index contributed by atoms with van der Waals surface area (Å²) in [5, 5.41) is 0. The number of halogens is 1. The van der Waals surface area contributed by atoms with E-state index in [1.165, 1.54) is 10.7 Å². The van der Waals surface area contributed by atoms with Crippen molar-refractivity contribution in [2.75, 3.05) is 7.11 Å². The second-order valence-electron chi connectivity index (χ2n) is 4.96. The van der Waals surface area contributed by atoms with E-state index in [4.69, 9.17) is 4.74 Å². The van der Waals surface area contributed by atoms with Crippen molar-refractivity contribution in [2.24, 2.45) is 5.92 Å². The van der Waals surface area contributed by atoms with Crippen molar-refractivity contribution in [3.63, 3.8) is 0 Å². The van der Waals surface area contributed by atoms with Crippen LogP contribution in [0.1, 0.15) is 12.2 Å². The van der Waals surface area contributed by atoms with Crippen molar-refractivity contribution in [1.82, 2.24) is 9.55 Å². The smallest absolute Gasteiger partial charge is 0.310 e. The van der Waals surface area contributed by atoms with Crippen LogP contribution >= 0.6 is 22.6 Å². The average Bonchev–Trinajstić information content (AvgIpc) is 2.90. The summed E-state index contributed by atoms with van der Waals surface area (Å²) in [6.45, 7) is 0.666. The third-order valence-electron chi connectivity index (χ3n) is 3.67. The first-order chi connectivity index (χ1) is 9.67. The number of rotatable bonds is 2. The summed E-state index contributed by atoms with van der Waals surface area (Å²) in [5.41, 5.74) is 2.09. The van der Waals surface area contributed by atoms with Gasteiger partial charge >= 0.3 is 5.97 Å². The van der Waals surface area contributed by atoms with Gasteiger partial charge in [-0.25, -0.2) is 4.98 Å². The fourth-order valence-electron chi connectivity index (χ4n) is 2.56. The Morgan fingerprint density at radius 2 is 2.15 bits per heavy atom. The van der Waals surface area contributed by atoms with Crippen LogP contribution in [0.3, 0.4) is 0 Å². The van der Waals surface area contributed by atoms with Crippen molar-refractivity contribution in [1.29, 1.82) is 0 Å². The zero-order chi connectivity index (χ0) is 14.1. The number of nitrogens with zero attached hydrogens (tertiary/aromatic N) is 2. The number of carbonyl (C=O) groups is 1. The van der Waals surface area contributed by atoms with E-state index in [1.54, 1.807) is 0 Å². The number of carbonyl (C=O) groups excluding carboxylic acids is 1. The zero-order valence-corrected chi connectivity index (χ0v) is 13.3. The number of aryl methyl sites for hydroxylation is 1. The molecule has 2 heterocycles. The number of hydrogen-bond donors (Lipinski definition) is 0. The minimum atomic E-state index is -0.125. The number of benzene rings is 1. The summed E-state index contributed by atoms with van der Waals surface area (Å²) in [7, 11) is 1.45. The summed E-state index contributed by atoms with van der Waals surface area (Å²) in [6.07, 6.45) is 3.67. The van der Waals surface area contributed by atoms with E-state index in [2.05, 4.69) is 56.4 Å². The molecule has 1 aliphatic heterocycles. The molecule has 0 aliphatic carbocycles. The summed E-state index contributed by atoms with van der Waals surface area (Å²) in [4.78, 5) is 16.3. The van der Waals surface area contributed by atoms with Crippen LogP contribution in [0.4, 0.5) is 0 Å². The van der Waals surface area contributed by atoms with E-state index < -0.39 is 0 Å². The molecule has 1 aliphatic rings. The fraction of sp³-hybridized carbons (Fsp3) is 0.333. The number of hydrogen-bond acceptors (Lipinski definition) is 3. The first-order valence-electron chi connectivity index (χ1n) is 6.57. The zero-order valence-electron chi connectivity index (χ0n) is 11.2. The minimum absolute atomic E-state index is 0.0497. The number of imidazole rings is 1. The summed E-state index contributed by atoms with van der Waals surface area (Å²) in [6, 6.07) is 8.30. The van der Waals surface area contributed by atoms with Crippen molar-refractivity contribution in [3.05, 3.63) is 39.9 Å². The van der Waals surface area contributed by atoms with Gasteiger partial charge in [0.15, 0.2) is 0 Å². The van der Waals surface area contributed by atoms with E-state index in [0.29, 0.717) is 6.54 Å². The molecule has 0 fully saturated rings. The third kappa shape index (κ3) is 2.59. The molecule has 104 valence electrons. The topological polar surface area (TPSA) is 44.1 Å². The lowest BCUT2D eigenvalue weighted by atomic mass is 10.00. The number of aromatic nitrogens is 2. The molecule has 3 rings (SSSR count). The molecule has 2 aromatic rings. The van der Waals surface area contributed by atoms with Gasteiger partial charge in [-0.1, -0.05) is 12.1 Å². The van der Waals surface area contributed by atoms with Crippen molar-refractivity contribution < 1.29 is 9.53 Å². The average molecular weight is 382 g/mol. The van der Waals surface area contributed by atoms with Crippen LogP contribution in [0.15, 0.2) is 30.5 Å². The second kappa shape index (κ2) is 5.55. The monoisotopic (exact) mass is 382 g/mol. The highest BCUT2D eigenvalue weighted by molar-refractivity contribution is 14.1. The Labute approximate surface area is 131 Å². The quantitative estimate of drug-likeness (QED) is 0.593. The summed E-state index contributed by atoms with van der Waals surface area (Å²) in [5.74, 6) is 0.880. The fourth-order valence-corrected chi connectivity index (χ4v) is 2.92. The number of esters is 1. The van der Waals surface area contributed by atoms with Gasteiger partial charge in [0.2, 0.25) is 0 Å². The van der Waals surface area contributed by atoms with Crippen LogP contribution < -0.4 is 0 Å². The van der Waals surface area contributed by atoms with Gasteiger partial charge < -0.3 is 9.30 Å². The Morgan fingerprint density at radius 3 is 2.85 bits per heavy atom. The molecule has 0 radical (unpaired) electrons. The van der Waals surface area contributed by atoms with Gasteiger partial charge in [-0.2, -0.15) is 0 Å². The molecular formula is C15H15IN2O2. The Balaban J connectivity index is 1.86. The van der Waals surface area contributed by atoms with E-state index in [1.807, 2.05) is 6.20 Å². The van der Waals surface area contributed by atoms with Gasteiger partial charge in [0.05, 0.1) is 18.7 Å². The van der Waals surface area contributed by atoms with Crippen LogP contribution in [0.5, 0.6) is 0 Å². The van der Waals surface area contributed by atoms with Crippen LogP contribution in [-0.4, -0.2) is 22.6 Å². The van der Waals surface area contributed by atoms with Crippen molar-refractivity contribution in [3.8, 4) is 11.3 Å². The lowest BCUT2D eigenvalue weighted by Crippen LogP contribution is -2.27. The third-order valence-corrected chi connectivity index (χ3v) is 4.39. The van der Waals surface area contributed by atoms with Gasteiger partial charge in [0.1, 0.15) is 5.82 Å². The van der Waals surface area contributed by atoms with Crippen LogP contribution in [0.2, 0.25) is 0 Å². The van der Waals surface area contributed by atoms with Crippen molar-refractivity contribution >= 4 is 28.6 Å². The second-order valence-corrected chi connectivity index (χ2v) is 6.21. The molecule has 20 heavy (non-hydrogen) atoms. The number of methoxy groups -OCH3 is 1. The first-order valence-corrected chi connectivity index (χ1v) is 7.65. The maximum Gasteiger partial charge on any atom is 0.310 e. The lowest BCUT2D eigenvalue weighted by molar-refractivity contribution is -0.146. The van der Waals surface area contributed by atoms with E-state index >= 15 is 0 Å². The predicted octanol–water partition coefficient (Wildman–Crippen LogP) is 2.89. The van der Waals surface area contributed by atoms with Gasteiger partial charge in [-0.15, -0.1) is 0 Å². The van der Waals surface area contributed by atoms with Crippen molar-refractivity contribution in [2.45, 2.75) is 19.4 Å². The van der Waals surface area contributed by atoms with Gasteiger partial charge in [-0.05, 0) is 41.1 Å². The van der Waals surface area contributed by atoms with Gasteiger partial charge in [-0.3, -0.25) is 4.79 Å². The largest absolute Gasteiger partial charge is 0.469 e. The van der Waals surface area contributed by atoms with Gasteiger partial charge in [0, 0.05) is 28.3 Å². The first kappa shape index (κ1) is 13.6. The van der Waals surface area contributed by atoms with Crippen LogP contribution in [0.25, 0.3) is 11.3 Å². The highest BCUT2D eigenvalue weighted by Gasteiger charge is 2.26. The highest BCUT2D eigenvalue weighted by atomic mass is 127. The molecule has 0 N–H and O–H groups in total. The molecule has 4 nitrogen and oxygen atoms in total. The SMILES string of the molecule is COC(=O)C1CCc2nc(-c3ccc(I)cc3)cn2C1. The van der Waals surface area contributed by atoms with E-state index in [0.717, 1.165) is 29.9 Å². The maximum atomic E-state index is 11.6. The summed E-state index contributed by atoms with van der Waals surface area (Å²) >= 11 is 2.29. The molecule has 1 atom stereocenters. The number of fused-ring (bicyclic) bond motifs is 1. The summed E-state index contributed by atoms with van der Waals surface area (Å²) < 4.78 is 8.13. The Morgan fingerprint density at radius 1 is 1.40 bits per heavy atom. The minimum Gasteiger partial charge on any atom is -0.469 e. The molecule has 0 saturated carbocycles. The molecule has 0 bridgehead atoms. The highest BCUT2D eigenvalue weighted by Crippen LogP contribution is 2.25. The molecule has 1 aromatic carbocycles. The maximum absolute atomic E-state index is 11.6. The molecule has 0 spiro atoms. The predicted molar refractivity (Wildman–Crippen MR) is 84.2 cm³/mol. The molecular weight excluding hydrogens is 367 g/mol. The van der Waals surface area contributed by atoms with Crippen LogP contribution in [-0.2, 0) is 22.5 Å². The molecule has 5 heteroatoms. The van der Waals surface area contributed by atoms with E-state index in [9.17, 15) is 4.79 Å². The Hall–Kier alpha value is -1.37. The molecule has 0 amide bonds. The number of ether oxygens (including phenoxy) is 1. The lowest BCUT2D eigenvalue weighted by Gasteiger charge is -2.21. The molecule has 0 saturated heterocycles. The van der Waals surface area contributed by atoms with Gasteiger partial charge in [0.25, 0.3) is 0 Å². The van der Waals surface area contributed by atoms with Crippen LogP contribution in [0, 0.1) is 9.49 Å².